The number of carbonyl (C=O) groups is 2. The lowest BCUT2D eigenvalue weighted by atomic mass is 9.82. The second-order valence-electron chi connectivity index (χ2n) is 3.79. The Labute approximate surface area is 116 Å². The Morgan fingerprint density at radius 3 is 1.95 bits per heavy atom. The molecule has 0 heterocycles. The second-order valence-corrected chi connectivity index (χ2v) is 4.57. The molecule has 4 nitrogen and oxygen atoms in total. The van der Waals surface area contributed by atoms with Crippen molar-refractivity contribution in [1.29, 1.82) is 5.26 Å². The number of benzene rings is 1. The van der Waals surface area contributed by atoms with Gasteiger partial charge >= 0.3 is 6.18 Å². The molecule has 1 amide bonds. The van der Waals surface area contributed by atoms with Gasteiger partial charge in [-0.1, -0.05) is 23.9 Å². The maximum atomic E-state index is 12.5. The molecule has 0 bridgehead atoms. The lowest BCUT2D eigenvalue weighted by molar-refractivity contribution is -0.137. The molecule has 0 aromatic heterocycles. The van der Waals surface area contributed by atoms with Crippen molar-refractivity contribution in [2.24, 2.45) is 5.73 Å². The average molecular weight is 302 g/mol. The van der Waals surface area contributed by atoms with Crippen molar-refractivity contribution in [2.45, 2.75) is 11.6 Å². The van der Waals surface area contributed by atoms with Crippen molar-refractivity contribution < 1.29 is 22.8 Å². The molecule has 0 fully saturated rings. The number of halogens is 3. The van der Waals surface area contributed by atoms with Crippen LogP contribution in [0.15, 0.2) is 24.3 Å². The Hall–Kier alpha value is -2.01. The standard InChI is InChI=1S/C12H9F3N2O2S/c1-20-10(19)11(6-16,9(17)18)7-2-4-8(5-3-7)12(13,14)15/h2-5H,1H3,(H2,17,18). The van der Waals surface area contributed by atoms with Crippen molar-refractivity contribution in [3.8, 4) is 6.07 Å². The predicted octanol–water partition coefficient (Wildman–Crippen LogP) is 1.84. The Balaban J connectivity index is 3.42. The second kappa shape index (κ2) is 5.54. The lowest BCUT2D eigenvalue weighted by Gasteiger charge is -2.21. The van der Waals surface area contributed by atoms with E-state index in [-0.39, 0.29) is 5.56 Å². The molecule has 106 valence electrons. The van der Waals surface area contributed by atoms with Crippen LogP contribution in [-0.2, 0) is 21.2 Å². The van der Waals surface area contributed by atoms with Crippen LogP contribution in [-0.4, -0.2) is 17.3 Å². The fourth-order valence-corrected chi connectivity index (χ4v) is 2.16. The number of nitrogens with zero attached hydrogens (tertiary/aromatic N) is 1. The molecule has 1 unspecified atom stereocenters. The van der Waals surface area contributed by atoms with Crippen LogP contribution in [0.25, 0.3) is 0 Å². The summed E-state index contributed by atoms with van der Waals surface area (Å²) in [7, 11) is 0. The van der Waals surface area contributed by atoms with Gasteiger partial charge in [-0.3, -0.25) is 9.59 Å². The van der Waals surface area contributed by atoms with E-state index >= 15 is 0 Å². The fraction of sp³-hybridized carbons (Fsp3) is 0.250. The monoisotopic (exact) mass is 302 g/mol. The molecule has 0 aliphatic rings. The molecule has 0 spiro atoms. The number of thioether (sulfide) groups is 1. The summed E-state index contributed by atoms with van der Waals surface area (Å²) < 4.78 is 37.4. The van der Waals surface area contributed by atoms with Gasteiger partial charge in [-0.05, 0) is 24.0 Å². The van der Waals surface area contributed by atoms with E-state index in [2.05, 4.69) is 0 Å². The van der Waals surface area contributed by atoms with E-state index in [0.29, 0.717) is 23.9 Å². The van der Waals surface area contributed by atoms with E-state index in [4.69, 9.17) is 11.0 Å². The van der Waals surface area contributed by atoms with Gasteiger partial charge < -0.3 is 5.73 Å². The Morgan fingerprint density at radius 1 is 1.20 bits per heavy atom. The molecule has 1 aromatic rings. The number of hydrogen-bond donors (Lipinski definition) is 1. The molecule has 0 saturated heterocycles. The third kappa shape index (κ3) is 2.63. The maximum absolute atomic E-state index is 12.5. The molecule has 8 heteroatoms. The molecule has 1 atom stereocenters. The zero-order chi connectivity index (χ0) is 15.6. The van der Waals surface area contributed by atoms with E-state index in [9.17, 15) is 22.8 Å². The van der Waals surface area contributed by atoms with Gasteiger partial charge in [0.15, 0.2) is 0 Å². The van der Waals surface area contributed by atoms with Gasteiger partial charge in [0.1, 0.15) is 0 Å². The number of nitriles is 1. The van der Waals surface area contributed by atoms with Crippen LogP contribution < -0.4 is 5.73 Å². The van der Waals surface area contributed by atoms with E-state index in [1.54, 1.807) is 0 Å². The van der Waals surface area contributed by atoms with E-state index in [1.165, 1.54) is 12.3 Å². The maximum Gasteiger partial charge on any atom is 0.416 e. The minimum absolute atomic E-state index is 0.181. The van der Waals surface area contributed by atoms with Crippen LogP contribution in [0, 0.1) is 11.3 Å². The molecule has 0 aliphatic carbocycles. The van der Waals surface area contributed by atoms with Gasteiger partial charge in [0.2, 0.25) is 10.5 Å². The molecular weight excluding hydrogens is 293 g/mol. The van der Waals surface area contributed by atoms with Crippen LogP contribution in [0.1, 0.15) is 11.1 Å². The summed E-state index contributed by atoms with van der Waals surface area (Å²) in [5.74, 6) is -1.22. The topological polar surface area (TPSA) is 83.9 Å². The first-order valence-corrected chi connectivity index (χ1v) is 6.40. The van der Waals surface area contributed by atoms with Crippen molar-refractivity contribution in [3.05, 3.63) is 35.4 Å². The Bertz CT molecular complexity index is 578. The highest BCUT2D eigenvalue weighted by Gasteiger charge is 2.46. The largest absolute Gasteiger partial charge is 0.416 e. The molecule has 2 N–H and O–H groups in total. The van der Waals surface area contributed by atoms with Gasteiger partial charge in [0.05, 0.1) is 11.6 Å². The summed E-state index contributed by atoms with van der Waals surface area (Å²) in [6.07, 6.45) is -3.20. The summed E-state index contributed by atoms with van der Waals surface area (Å²) in [4.78, 5) is 23.3. The Kier molecular flexibility index (Phi) is 4.45. The zero-order valence-corrected chi connectivity index (χ0v) is 11.0. The molecule has 0 radical (unpaired) electrons. The third-order valence-corrected chi connectivity index (χ3v) is 3.35. The first kappa shape index (κ1) is 16.0. The van der Waals surface area contributed by atoms with Gasteiger partial charge in [-0.2, -0.15) is 18.4 Å². The quantitative estimate of drug-likeness (QED) is 0.863. The van der Waals surface area contributed by atoms with Gasteiger partial charge in [0, 0.05) is 0 Å². The Morgan fingerprint density at radius 2 is 1.65 bits per heavy atom. The van der Waals surface area contributed by atoms with Gasteiger partial charge in [-0.15, -0.1) is 0 Å². The predicted molar refractivity (Wildman–Crippen MR) is 66.5 cm³/mol. The van der Waals surface area contributed by atoms with Crippen LogP contribution in [0.5, 0.6) is 0 Å². The van der Waals surface area contributed by atoms with Gasteiger partial charge in [-0.25, -0.2) is 0 Å². The minimum Gasteiger partial charge on any atom is -0.368 e. The smallest absolute Gasteiger partial charge is 0.368 e. The first-order chi connectivity index (χ1) is 9.20. The lowest BCUT2D eigenvalue weighted by Crippen LogP contribution is -2.45. The number of carbonyl (C=O) groups excluding carboxylic acids is 2. The summed E-state index contributed by atoms with van der Waals surface area (Å²) >= 11 is 0.605. The summed E-state index contributed by atoms with van der Waals surface area (Å²) in [5, 5.41) is 8.28. The fourth-order valence-electron chi connectivity index (χ4n) is 1.59. The number of hydrogen-bond acceptors (Lipinski definition) is 4. The number of rotatable bonds is 3. The molecule has 0 aliphatic heterocycles. The van der Waals surface area contributed by atoms with Crippen molar-refractivity contribution in [2.75, 3.05) is 6.26 Å². The van der Waals surface area contributed by atoms with Crippen molar-refractivity contribution in [3.63, 3.8) is 0 Å². The minimum atomic E-state index is -4.55. The number of alkyl halides is 3. The highest BCUT2D eigenvalue weighted by molar-refractivity contribution is 8.13. The number of nitrogens with two attached hydrogens (primary N) is 1. The summed E-state index contributed by atoms with van der Waals surface area (Å²) in [6.45, 7) is 0. The molecule has 1 rings (SSSR count). The molecule has 0 saturated carbocycles. The molecular formula is C12H9F3N2O2S. The zero-order valence-electron chi connectivity index (χ0n) is 10.2. The SMILES string of the molecule is CSC(=O)C(C#N)(C(N)=O)c1ccc(C(F)(F)F)cc1. The van der Waals surface area contributed by atoms with Crippen LogP contribution in [0.4, 0.5) is 13.2 Å². The van der Waals surface area contributed by atoms with Crippen molar-refractivity contribution >= 4 is 22.8 Å². The highest BCUT2D eigenvalue weighted by atomic mass is 32.2. The normalized spacial score (nSPS) is 14.2. The molecule has 1 aromatic carbocycles. The van der Waals surface area contributed by atoms with Crippen LogP contribution in [0.2, 0.25) is 0 Å². The van der Waals surface area contributed by atoms with Crippen LogP contribution in [0.3, 0.4) is 0 Å². The molecule has 20 heavy (non-hydrogen) atoms. The van der Waals surface area contributed by atoms with E-state index in [1.807, 2.05) is 0 Å². The first-order valence-electron chi connectivity index (χ1n) is 5.17. The van der Waals surface area contributed by atoms with Gasteiger partial charge in [0.25, 0.3) is 5.91 Å². The van der Waals surface area contributed by atoms with E-state index < -0.39 is 28.2 Å². The van der Waals surface area contributed by atoms with Crippen LogP contribution >= 0.6 is 11.8 Å². The number of amides is 1. The summed E-state index contributed by atoms with van der Waals surface area (Å²) in [6, 6.07) is 4.71. The highest BCUT2D eigenvalue weighted by Crippen LogP contribution is 2.33. The average Bonchev–Trinajstić information content (AvgIpc) is 2.39. The summed E-state index contributed by atoms with van der Waals surface area (Å²) in [5.41, 5.74) is 1.68. The van der Waals surface area contributed by atoms with E-state index in [0.717, 1.165) is 12.1 Å². The van der Waals surface area contributed by atoms with Crippen molar-refractivity contribution in [1.82, 2.24) is 0 Å². The number of primary amides is 1. The third-order valence-electron chi connectivity index (χ3n) is 2.67.